The van der Waals surface area contributed by atoms with Gasteiger partial charge in [-0.25, -0.2) is 0 Å². The molecule has 2 rings (SSSR count). The molecular formula is C11H13NO2. The maximum Gasteiger partial charge on any atom is 0.220 e. The molecule has 1 amide bonds. The van der Waals surface area contributed by atoms with E-state index in [1.54, 1.807) is 6.07 Å². The molecule has 1 aromatic carbocycles. The summed E-state index contributed by atoms with van der Waals surface area (Å²) in [6.45, 7) is 2.54. The van der Waals surface area contributed by atoms with Crippen molar-refractivity contribution < 1.29 is 9.90 Å². The van der Waals surface area contributed by atoms with E-state index in [0.29, 0.717) is 18.7 Å². The Bertz CT molecular complexity index is 374. The molecule has 14 heavy (non-hydrogen) atoms. The van der Waals surface area contributed by atoms with Crippen molar-refractivity contribution in [1.29, 1.82) is 0 Å². The highest BCUT2D eigenvalue weighted by Crippen LogP contribution is 2.27. The van der Waals surface area contributed by atoms with Gasteiger partial charge in [-0.15, -0.1) is 0 Å². The summed E-state index contributed by atoms with van der Waals surface area (Å²) >= 11 is 0. The van der Waals surface area contributed by atoms with Crippen molar-refractivity contribution in [3.05, 3.63) is 29.3 Å². The van der Waals surface area contributed by atoms with Crippen LogP contribution < -0.4 is 5.32 Å². The van der Waals surface area contributed by atoms with Gasteiger partial charge in [-0.2, -0.15) is 0 Å². The normalized spacial score (nSPS) is 20.9. The number of benzene rings is 1. The lowest BCUT2D eigenvalue weighted by atomic mass is 9.97. The number of carbonyl (C=O) groups is 1. The molecule has 0 unspecified atom stereocenters. The predicted molar refractivity (Wildman–Crippen MR) is 53.2 cm³/mol. The first-order chi connectivity index (χ1) is 6.66. The highest BCUT2D eigenvalue weighted by molar-refractivity contribution is 5.79. The van der Waals surface area contributed by atoms with Crippen molar-refractivity contribution in [3.63, 3.8) is 0 Å². The van der Waals surface area contributed by atoms with Gasteiger partial charge in [0.1, 0.15) is 5.75 Å². The molecule has 0 bridgehead atoms. The second-order valence-corrected chi connectivity index (χ2v) is 3.75. The zero-order valence-electron chi connectivity index (χ0n) is 8.08. The Kier molecular flexibility index (Phi) is 2.15. The van der Waals surface area contributed by atoms with E-state index in [1.807, 2.05) is 19.1 Å². The van der Waals surface area contributed by atoms with Crippen LogP contribution in [-0.4, -0.2) is 17.6 Å². The fourth-order valence-electron chi connectivity index (χ4n) is 1.72. The number of nitrogens with one attached hydrogen (secondary N) is 1. The summed E-state index contributed by atoms with van der Waals surface area (Å²) in [5.41, 5.74) is 1.90. The van der Waals surface area contributed by atoms with Gasteiger partial charge in [-0.1, -0.05) is 12.1 Å². The zero-order valence-corrected chi connectivity index (χ0v) is 8.08. The third-order valence-electron chi connectivity index (χ3n) is 2.68. The standard InChI is InChI=1S/C11H13NO2/c1-7-2-3-8(4-10(7)13)9-5-11(14)12-6-9/h2-4,9,13H,5-6H2,1H3,(H,12,14)/t9-/m0/s1. The number of phenols is 1. The van der Waals surface area contributed by atoms with Crippen LogP contribution in [0.25, 0.3) is 0 Å². The molecular weight excluding hydrogens is 178 g/mol. The van der Waals surface area contributed by atoms with E-state index < -0.39 is 0 Å². The van der Waals surface area contributed by atoms with Crippen LogP contribution in [0.4, 0.5) is 0 Å². The summed E-state index contributed by atoms with van der Waals surface area (Å²) in [5.74, 6) is 0.617. The zero-order chi connectivity index (χ0) is 10.1. The Morgan fingerprint density at radius 1 is 1.50 bits per heavy atom. The lowest BCUT2D eigenvalue weighted by molar-refractivity contribution is -0.119. The van der Waals surface area contributed by atoms with Crippen LogP contribution in [0.2, 0.25) is 0 Å². The van der Waals surface area contributed by atoms with E-state index in [2.05, 4.69) is 5.32 Å². The second kappa shape index (κ2) is 3.33. The molecule has 3 nitrogen and oxygen atoms in total. The number of aryl methyl sites for hydroxylation is 1. The number of hydrogen-bond acceptors (Lipinski definition) is 2. The van der Waals surface area contributed by atoms with Gasteiger partial charge in [0.05, 0.1) is 0 Å². The molecule has 3 heteroatoms. The van der Waals surface area contributed by atoms with Crippen molar-refractivity contribution in [3.8, 4) is 5.75 Å². The van der Waals surface area contributed by atoms with Crippen molar-refractivity contribution in [2.75, 3.05) is 6.54 Å². The van der Waals surface area contributed by atoms with Crippen LogP contribution in [0, 0.1) is 6.92 Å². The van der Waals surface area contributed by atoms with Crippen LogP contribution in [0.5, 0.6) is 5.75 Å². The molecule has 1 heterocycles. The first kappa shape index (κ1) is 9.06. The predicted octanol–water partition coefficient (Wildman–Crippen LogP) is 1.30. The summed E-state index contributed by atoms with van der Waals surface area (Å²) in [5, 5.41) is 12.3. The monoisotopic (exact) mass is 191 g/mol. The van der Waals surface area contributed by atoms with Crippen LogP contribution in [0.3, 0.4) is 0 Å². The third-order valence-corrected chi connectivity index (χ3v) is 2.68. The first-order valence-electron chi connectivity index (χ1n) is 4.73. The number of carbonyl (C=O) groups excluding carboxylic acids is 1. The largest absolute Gasteiger partial charge is 0.508 e. The van der Waals surface area contributed by atoms with E-state index in [4.69, 9.17) is 0 Å². The van der Waals surface area contributed by atoms with E-state index in [9.17, 15) is 9.90 Å². The van der Waals surface area contributed by atoms with Crippen molar-refractivity contribution >= 4 is 5.91 Å². The van der Waals surface area contributed by atoms with Crippen molar-refractivity contribution in [2.45, 2.75) is 19.3 Å². The van der Waals surface area contributed by atoms with Crippen molar-refractivity contribution in [2.24, 2.45) is 0 Å². The Hall–Kier alpha value is -1.51. The van der Waals surface area contributed by atoms with E-state index in [1.165, 1.54) is 0 Å². The Labute approximate surface area is 82.8 Å². The molecule has 0 aliphatic carbocycles. The van der Waals surface area contributed by atoms with Gasteiger partial charge in [0, 0.05) is 18.9 Å². The van der Waals surface area contributed by atoms with Gasteiger partial charge in [-0.3, -0.25) is 4.79 Å². The molecule has 1 saturated heterocycles. The SMILES string of the molecule is Cc1ccc([C@@H]2CNC(=O)C2)cc1O. The Morgan fingerprint density at radius 3 is 2.86 bits per heavy atom. The maximum atomic E-state index is 11.0. The Morgan fingerprint density at radius 2 is 2.29 bits per heavy atom. The molecule has 1 aliphatic heterocycles. The molecule has 1 fully saturated rings. The smallest absolute Gasteiger partial charge is 0.220 e. The summed E-state index contributed by atoms with van der Waals surface area (Å²) in [6, 6.07) is 5.60. The summed E-state index contributed by atoms with van der Waals surface area (Å²) in [6.07, 6.45) is 0.530. The average molecular weight is 191 g/mol. The third kappa shape index (κ3) is 1.58. The van der Waals surface area contributed by atoms with Gasteiger partial charge >= 0.3 is 0 Å². The van der Waals surface area contributed by atoms with Crippen LogP contribution in [0.1, 0.15) is 23.5 Å². The number of phenolic OH excluding ortho intramolecular Hbond substituents is 1. The lowest BCUT2D eigenvalue weighted by Crippen LogP contribution is -2.13. The van der Waals surface area contributed by atoms with Crippen LogP contribution in [-0.2, 0) is 4.79 Å². The first-order valence-corrected chi connectivity index (χ1v) is 4.73. The second-order valence-electron chi connectivity index (χ2n) is 3.75. The highest BCUT2D eigenvalue weighted by atomic mass is 16.3. The Balaban J connectivity index is 2.24. The minimum absolute atomic E-state index is 0.0927. The fraction of sp³-hybridized carbons (Fsp3) is 0.364. The van der Waals surface area contributed by atoms with Crippen LogP contribution in [0.15, 0.2) is 18.2 Å². The highest BCUT2D eigenvalue weighted by Gasteiger charge is 2.23. The molecule has 1 aromatic rings. The van der Waals surface area contributed by atoms with Gasteiger partial charge in [-0.05, 0) is 24.1 Å². The van der Waals surface area contributed by atoms with Crippen LogP contribution >= 0.6 is 0 Å². The van der Waals surface area contributed by atoms with E-state index in [-0.39, 0.29) is 11.8 Å². The minimum atomic E-state index is 0.0927. The minimum Gasteiger partial charge on any atom is -0.508 e. The van der Waals surface area contributed by atoms with Gasteiger partial charge < -0.3 is 10.4 Å². The van der Waals surface area contributed by atoms with Crippen molar-refractivity contribution in [1.82, 2.24) is 5.32 Å². The summed E-state index contributed by atoms with van der Waals surface area (Å²) < 4.78 is 0. The quantitative estimate of drug-likeness (QED) is 0.703. The molecule has 2 N–H and O–H groups in total. The summed E-state index contributed by atoms with van der Waals surface area (Å²) in [4.78, 5) is 11.0. The number of aromatic hydroxyl groups is 1. The fourth-order valence-corrected chi connectivity index (χ4v) is 1.72. The molecule has 0 spiro atoms. The molecule has 0 radical (unpaired) electrons. The number of rotatable bonds is 1. The maximum absolute atomic E-state index is 11.0. The number of hydrogen-bond donors (Lipinski definition) is 2. The molecule has 1 aliphatic rings. The summed E-state index contributed by atoms with van der Waals surface area (Å²) in [7, 11) is 0. The lowest BCUT2D eigenvalue weighted by Gasteiger charge is -2.08. The van der Waals surface area contributed by atoms with Gasteiger partial charge in [0.2, 0.25) is 5.91 Å². The molecule has 0 aromatic heterocycles. The average Bonchev–Trinajstić information content (AvgIpc) is 2.57. The van der Waals surface area contributed by atoms with Gasteiger partial charge in [0.15, 0.2) is 0 Å². The molecule has 74 valence electrons. The number of amides is 1. The molecule has 0 saturated carbocycles. The van der Waals surface area contributed by atoms with Gasteiger partial charge in [0.25, 0.3) is 0 Å². The topological polar surface area (TPSA) is 49.3 Å². The van der Waals surface area contributed by atoms with E-state index >= 15 is 0 Å². The molecule has 1 atom stereocenters. The van der Waals surface area contributed by atoms with E-state index in [0.717, 1.165) is 11.1 Å².